The molecule has 0 amide bonds. The van der Waals surface area contributed by atoms with Crippen LogP contribution in [0.5, 0.6) is 5.88 Å². The maximum absolute atomic E-state index is 13.8. The number of methoxy groups -OCH3 is 1. The zero-order chi connectivity index (χ0) is 22.1. The molecule has 0 saturated heterocycles. The van der Waals surface area contributed by atoms with E-state index in [9.17, 15) is 4.39 Å². The summed E-state index contributed by atoms with van der Waals surface area (Å²) < 4.78 is 19.0. The maximum Gasteiger partial charge on any atom is 0.214 e. The number of anilines is 1. The van der Waals surface area contributed by atoms with Crippen molar-refractivity contribution in [1.82, 2.24) is 15.0 Å². The molecule has 7 heteroatoms. The van der Waals surface area contributed by atoms with Gasteiger partial charge < -0.3 is 10.1 Å². The molecule has 4 aromatic rings. The molecule has 0 unspecified atom stereocenters. The van der Waals surface area contributed by atoms with Crippen LogP contribution in [0.2, 0.25) is 0 Å². The lowest BCUT2D eigenvalue weighted by atomic mass is 9.76. The van der Waals surface area contributed by atoms with Gasteiger partial charge in [0.25, 0.3) is 0 Å². The van der Waals surface area contributed by atoms with Crippen LogP contribution in [0.25, 0.3) is 21.3 Å². The van der Waals surface area contributed by atoms with Crippen LogP contribution in [-0.2, 0) is 0 Å². The van der Waals surface area contributed by atoms with Gasteiger partial charge in [0.05, 0.1) is 12.6 Å². The zero-order valence-electron chi connectivity index (χ0n) is 18.3. The Morgan fingerprint density at radius 2 is 1.91 bits per heavy atom. The second-order valence-electron chi connectivity index (χ2n) is 8.76. The number of fused-ring (bicyclic) bond motifs is 2. The zero-order valence-corrected chi connectivity index (χ0v) is 19.2. The fourth-order valence-electron chi connectivity index (χ4n) is 4.95. The molecule has 1 aliphatic carbocycles. The molecule has 3 aromatic heterocycles. The predicted molar refractivity (Wildman–Crippen MR) is 128 cm³/mol. The third kappa shape index (κ3) is 4.39. The Bertz CT molecular complexity index is 1240. The molecule has 0 radical (unpaired) electrons. The third-order valence-electron chi connectivity index (χ3n) is 6.52. The van der Waals surface area contributed by atoms with Gasteiger partial charge in [-0.25, -0.2) is 14.4 Å². The van der Waals surface area contributed by atoms with Crippen molar-refractivity contribution in [3.8, 4) is 5.88 Å². The van der Waals surface area contributed by atoms with Gasteiger partial charge in [-0.15, -0.1) is 0 Å². The largest absolute Gasteiger partial charge is 0.481 e. The van der Waals surface area contributed by atoms with Gasteiger partial charge in [0.15, 0.2) is 5.13 Å². The number of halogens is 1. The van der Waals surface area contributed by atoms with E-state index in [-0.39, 0.29) is 5.82 Å². The van der Waals surface area contributed by atoms with Gasteiger partial charge in [-0.2, -0.15) is 0 Å². The van der Waals surface area contributed by atoms with Crippen LogP contribution >= 0.6 is 11.3 Å². The standard InChI is InChI=1S/C25H27FN4OS/c1-15(28-25-29-22-9-10-23(31-2)30-24(22)32-25)13-16-3-5-17(6-4-16)19-11-12-27-21-8-7-18(26)14-20(19)21/h7-12,14-17H,3-6,13H2,1-2H3,(H,28,29)/t15-,16?,17?/m1/s1. The van der Waals surface area contributed by atoms with Gasteiger partial charge in [0.2, 0.25) is 5.88 Å². The van der Waals surface area contributed by atoms with Crippen LogP contribution in [0.1, 0.15) is 50.5 Å². The second-order valence-corrected chi connectivity index (χ2v) is 9.73. The van der Waals surface area contributed by atoms with Crippen molar-refractivity contribution >= 4 is 37.7 Å². The van der Waals surface area contributed by atoms with E-state index in [0.717, 1.165) is 45.6 Å². The lowest BCUT2D eigenvalue weighted by Crippen LogP contribution is -2.22. The highest BCUT2D eigenvalue weighted by Crippen LogP contribution is 2.40. The van der Waals surface area contributed by atoms with Crippen molar-refractivity contribution in [2.75, 3.05) is 12.4 Å². The number of hydrogen-bond acceptors (Lipinski definition) is 6. The summed E-state index contributed by atoms with van der Waals surface area (Å²) in [5.74, 6) is 1.59. The number of nitrogens with one attached hydrogen (secondary N) is 1. The van der Waals surface area contributed by atoms with Gasteiger partial charge in [-0.1, -0.05) is 11.3 Å². The SMILES string of the molecule is COc1ccc2nc(N[C@H](C)CC3CCC(c4ccnc5ccc(F)cc45)CC3)sc2n1. The minimum atomic E-state index is -0.191. The fraction of sp³-hybridized carbons (Fsp3) is 0.400. The van der Waals surface area contributed by atoms with E-state index in [1.54, 1.807) is 30.6 Å². The molecule has 166 valence electrons. The first-order chi connectivity index (χ1) is 15.6. The lowest BCUT2D eigenvalue weighted by Gasteiger charge is -2.31. The molecule has 5 rings (SSSR count). The molecular weight excluding hydrogens is 423 g/mol. The summed E-state index contributed by atoms with van der Waals surface area (Å²) in [5.41, 5.74) is 3.02. The first kappa shape index (κ1) is 21.1. The highest BCUT2D eigenvalue weighted by molar-refractivity contribution is 7.21. The normalized spacial score (nSPS) is 19.8. The summed E-state index contributed by atoms with van der Waals surface area (Å²) in [5, 5.41) is 5.44. The molecule has 1 saturated carbocycles. The first-order valence-corrected chi connectivity index (χ1v) is 12.0. The van der Waals surface area contributed by atoms with Crippen molar-refractivity contribution in [2.45, 2.75) is 51.0 Å². The highest BCUT2D eigenvalue weighted by atomic mass is 32.1. The lowest BCUT2D eigenvalue weighted by molar-refractivity contribution is 0.302. The van der Waals surface area contributed by atoms with Crippen LogP contribution in [0.3, 0.4) is 0 Å². The van der Waals surface area contributed by atoms with E-state index in [1.807, 2.05) is 18.3 Å². The second kappa shape index (κ2) is 8.98. The summed E-state index contributed by atoms with van der Waals surface area (Å²) in [6, 6.07) is 11.1. The Morgan fingerprint density at radius 3 is 2.72 bits per heavy atom. The molecule has 1 atom stereocenters. The minimum Gasteiger partial charge on any atom is -0.481 e. The first-order valence-electron chi connectivity index (χ1n) is 11.2. The summed E-state index contributed by atoms with van der Waals surface area (Å²) in [4.78, 5) is 14.4. The molecule has 1 fully saturated rings. The summed E-state index contributed by atoms with van der Waals surface area (Å²) in [6.45, 7) is 2.23. The van der Waals surface area contributed by atoms with E-state index in [2.05, 4.69) is 33.3 Å². The number of hydrogen-bond donors (Lipinski definition) is 1. The number of thiazole rings is 1. The minimum absolute atomic E-state index is 0.191. The van der Waals surface area contributed by atoms with E-state index < -0.39 is 0 Å². The Labute approximate surface area is 191 Å². The quantitative estimate of drug-likeness (QED) is 0.361. The van der Waals surface area contributed by atoms with Gasteiger partial charge in [-0.05, 0) is 86.8 Å². The summed E-state index contributed by atoms with van der Waals surface area (Å²) in [6.07, 6.45) is 7.62. The van der Waals surface area contributed by atoms with Crippen LogP contribution in [0, 0.1) is 11.7 Å². The van der Waals surface area contributed by atoms with Gasteiger partial charge in [0.1, 0.15) is 16.2 Å². The monoisotopic (exact) mass is 450 g/mol. The van der Waals surface area contributed by atoms with Gasteiger partial charge in [0, 0.05) is 23.7 Å². The molecule has 1 N–H and O–H groups in total. The molecule has 32 heavy (non-hydrogen) atoms. The molecule has 1 aliphatic rings. The van der Waals surface area contributed by atoms with Crippen LogP contribution in [0.4, 0.5) is 9.52 Å². The summed E-state index contributed by atoms with van der Waals surface area (Å²) >= 11 is 1.57. The smallest absolute Gasteiger partial charge is 0.214 e. The van der Waals surface area contributed by atoms with E-state index >= 15 is 0 Å². The molecule has 0 aliphatic heterocycles. The maximum atomic E-state index is 13.8. The number of rotatable bonds is 6. The number of pyridine rings is 2. The molecule has 1 aromatic carbocycles. The van der Waals surface area contributed by atoms with Gasteiger partial charge in [-0.3, -0.25) is 4.98 Å². The average Bonchev–Trinajstić information content (AvgIpc) is 3.20. The van der Waals surface area contributed by atoms with Crippen LogP contribution < -0.4 is 10.1 Å². The fourth-order valence-corrected chi connectivity index (χ4v) is 5.89. The van der Waals surface area contributed by atoms with Gasteiger partial charge >= 0.3 is 0 Å². The Balaban J connectivity index is 1.19. The molecule has 5 nitrogen and oxygen atoms in total. The average molecular weight is 451 g/mol. The molecular formula is C25H27FN4OS. The molecule has 0 bridgehead atoms. The number of ether oxygens (including phenoxy) is 1. The van der Waals surface area contributed by atoms with Crippen LogP contribution in [0.15, 0.2) is 42.6 Å². The highest BCUT2D eigenvalue weighted by Gasteiger charge is 2.25. The Morgan fingerprint density at radius 1 is 1.09 bits per heavy atom. The third-order valence-corrected chi connectivity index (χ3v) is 7.42. The Kier molecular flexibility index (Phi) is 5.91. The van der Waals surface area contributed by atoms with Crippen molar-refractivity contribution in [3.05, 3.63) is 54.0 Å². The number of nitrogens with zero attached hydrogens (tertiary/aromatic N) is 3. The van der Waals surface area contributed by atoms with E-state index in [4.69, 9.17) is 4.74 Å². The molecule has 3 heterocycles. The Hall–Kier alpha value is -2.80. The van der Waals surface area contributed by atoms with Crippen molar-refractivity contribution in [2.24, 2.45) is 5.92 Å². The molecule has 0 spiro atoms. The van der Waals surface area contributed by atoms with Crippen LogP contribution in [-0.4, -0.2) is 28.1 Å². The van der Waals surface area contributed by atoms with Crippen molar-refractivity contribution in [1.29, 1.82) is 0 Å². The topological polar surface area (TPSA) is 59.9 Å². The van der Waals surface area contributed by atoms with E-state index in [0.29, 0.717) is 23.8 Å². The number of aromatic nitrogens is 3. The summed E-state index contributed by atoms with van der Waals surface area (Å²) in [7, 11) is 1.63. The van der Waals surface area contributed by atoms with Crippen molar-refractivity contribution < 1.29 is 9.13 Å². The van der Waals surface area contributed by atoms with Crippen molar-refractivity contribution in [3.63, 3.8) is 0 Å². The van der Waals surface area contributed by atoms with E-state index in [1.165, 1.54) is 24.5 Å². The predicted octanol–water partition coefficient (Wildman–Crippen LogP) is 6.55. The number of benzene rings is 1.